The molecule has 0 radical (unpaired) electrons. The maximum atomic E-state index is 5.41. The van der Waals surface area contributed by atoms with E-state index in [-0.39, 0.29) is 0 Å². The van der Waals surface area contributed by atoms with E-state index in [0.29, 0.717) is 5.95 Å². The van der Waals surface area contributed by atoms with E-state index in [0.717, 1.165) is 48.9 Å². The van der Waals surface area contributed by atoms with E-state index < -0.39 is 0 Å². The molecular weight excluding hydrogens is 352 g/mol. The van der Waals surface area contributed by atoms with Crippen LogP contribution in [0.3, 0.4) is 0 Å². The number of nitrogens with zero attached hydrogens (tertiary/aromatic N) is 3. The van der Waals surface area contributed by atoms with E-state index in [9.17, 15) is 0 Å². The molecule has 0 aliphatic carbocycles. The van der Waals surface area contributed by atoms with Crippen LogP contribution in [0, 0.1) is 0 Å². The first-order valence-corrected chi connectivity index (χ1v) is 9.35. The predicted octanol–water partition coefficient (Wildman–Crippen LogP) is 3.80. The minimum atomic E-state index is 0.651. The van der Waals surface area contributed by atoms with Crippen LogP contribution in [0.4, 0.5) is 11.6 Å². The van der Waals surface area contributed by atoms with Crippen molar-refractivity contribution in [2.24, 2.45) is 0 Å². The Hall–Kier alpha value is -3.12. The Labute approximate surface area is 165 Å². The van der Waals surface area contributed by atoms with E-state index in [1.165, 1.54) is 11.1 Å². The zero-order chi connectivity index (χ0) is 19.3. The van der Waals surface area contributed by atoms with Crippen LogP contribution in [0.25, 0.3) is 0 Å². The monoisotopic (exact) mass is 376 g/mol. The average Bonchev–Trinajstić information content (AvgIpc) is 2.74. The molecule has 1 aliphatic rings. The van der Waals surface area contributed by atoms with Crippen molar-refractivity contribution >= 4 is 11.6 Å². The first-order chi connectivity index (χ1) is 13.7. The van der Waals surface area contributed by atoms with Gasteiger partial charge in [-0.25, -0.2) is 9.97 Å². The van der Waals surface area contributed by atoms with Crippen molar-refractivity contribution in [3.05, 3.63) is 71.5 Å². The number of rotatable bonds is 6. The van der Waals surface area contributed by atoms with Crippen LogP contribution in [0.5, 0.6) is 11.5 Å². The number of anilines is 2. The molecule has 0 bridgehead atoms. The largest absolute Gasteiger partial charge is 0.493 e. The Morgan fingerprint density at radius 2 is 1.86 bits per heavy atom. The number of nitrogens with one attached hydrogen (secondary N) is 1. The minimum absolute atomic E-state index is 0.651. The Balaban J connectivity index is 1.44. The summed E-state index contributed by atoms with van der Waals surface area (Å²) < 4.78 is 10.7. The molecule has 0 atom stereocenters. The summed E-state index contributed by atoms with van der Waals surface area (Å²) in [6.45, 7) is 2.66. The van der Waals surface area contributed by atoms with Gasteiger partial charge >= 0.3 is 0 Å². The Morgan fingerprint density at radius 1 is 1.04 bits per heavy atom. The summed E-state index contributed by atoms with van der Waals surface area (Å²) in [6.07, 6.45) is 2.85. The van der Waals surface area contributed by atoms with Gasteiger partial charge in [0.25, 0.3) is 0 Å². The third kappa shape index (κ3) is 4.07. The topological polar surface area (TPSA) is 59.5 Å². The molecule has 0 unspecified atom stereocenters. The molecule has 0 amide bonds. The molecule has 0 spiro atoms. The third-order valence-electron chi connectivity index (χ3n) is 4.90. The molecule has 28 heavy (non-hydrogen) atoms. The maximum Gasteiger partial charge on any atom is 0.227 e. The van der Waals surface area contributed by atoms with Crippen LogP contribution in [0.2, 0.25) is 0 Å². The van der Waals surface area contributed by atoms with Crippen LogP contribution in [-0.4, -0.2) is 35.6 Å². The van der Waals surface area contributed by atoms with Crippen molar-refractivity contribution in [2.75, 3.05) is 26.1 Å². The lowest BCUT2D eigenvalue weighted by Gasteiger charge is -2.28. The molecule has 0 saturated carbocycles. The van der Waals surface area contributed by atoms with Crippen molar-refractivity contribution in [3.63, 3.8) is 0 Å². The summed E-state index contributed by atoms with van der Waals surface area (Å²) in [7, 11) is 3.32. The normalized spacial score (nSPS) is 13.6. The van der Waals surface area contributed by atoms with Gasteiger partial charge in [-0.2, -0.15) is 0 Å². The summed E-state index contributed by atoms with van der Waals surface area (Å²) in [5.41, 5.74) is 4.50. The van der Waals surface area contributed by atoms with E-state index in [4.69, 9.17) is 14.5 Å². The standard InChI is InChI=1S/C22H24N4O2/c1-27-20-9-8-16(12-21(20)28-2)14-26-11-10-19-17(15-26)13-23-22(25-19)24-18-6-4-3-5-7-18/h3-9,12-13H,10-11,14-15H2,1-2H3,(H,23,24,25). The van der Waals surface area contributed by atoms with Gasteiger partial charge in [-0.05, 0) is 29.8 Å². The van der Waals surface area contributed by atoms with Gasteiger partial charge in [0.2, 0.25) is 5.95 Å². The highest BCUT2D eigenvalue weighted by atomic mass is 16.5. The van der Waals surface area contributed by atoms with Gasteiger partial charge in [-0.1, -0.05) is 24.3 Å². The van der Waals surface area contributed by atoms with Crippen molar-refractivity contribution in [1.82, 2.24) is 14.9 Å². The first kappa shape index (κ1) is 18.3. The molecule has 1 N–H and O–H groups in total. The van der Waals surface area contributed by atoms with Crippen LogP contribution in [-0.2, 0) is 19.5 Å². The summed E-state index contributed by atoms with van der Waals surface area (Å²) in [5, 5.41) is 3.27. The number of aromatic nitrogens is 2. The summed E-state index contributed by atoms with van der Waals surface area (Å²) in [4.78, 5) is 11.6. The number of hydrogen-bond donors (Lipinski definition) is 1. The molecule has 4 rings (SSSR count). The van der Waals surface area contributed by atoms with Crippen LogP contribution in [0.15, 0.2) is 54.7 Å². The van der Waals surface area contributed by atoms with Crippen LogP contribution >= 0.6 is 0 Å². The SMILES string of the molecule is COc1ccc(CN2CCc3nc(Nc4ccccc4)ncc3C2)cc1OC. The molecule has 2 aromatic carbocycles. The number of methoxy groups -OCH3 is 2. The van der Waals surface area contributed by atoms with E-state index in [2.05, 4.69) is 21.3 Å². The van der Waals surface area contributed by atoms with Gasteiger partial charge in [0.05, 0.1) is 19.9 Å². The fraction of sp³-hybridized carbons (Fsp3) is 0.273. The lowest BCUT2D eigenvalue weighted by Crippen LogP contribution is -2.31. The van der Waals surface area contributed by atoms with Gasteiger partial charge in [0.15, 0.2) is 11.5 Å². The molecule has 1 aliphatic heterocycles. The third-order valence-corrected chi connectivity index (χ3v) is 4.90. The second-order valence-corrected chi connectivity index (χ2v) is 6.81. The molecule has 6 heteroatoms. The van der Waals surface area contributed by atoms with Crippen molar-refractivity contribution in [3.8, 4) is 11.5 Å². The quantitative estimate of drug-likeness (QED) is 0.706. The Morgan fingerprint density at radius 3 is 2.64 bits per heavy atom. The molecule has 144 valence electrons. The maximum absolute atomic E-state index is 5.41. The zero-order valence-electron chi connectivity index (χ0n) is 16.2. The van der Waals surface area contributed by atoms with Crippen molar-refractivity contribution in [1.29, 1.82) is 0 Å². The van der Waals surface area contributed by atoms with E-state index in [1.54, 1.807) is 14.2 Å². The van der Waals surface area contributed by atoms with E-state index >= 15 is 0 Å². The number of fused-ring (bicyclic) bond motifs is 1. The lowest BCUT2D eigenvalue weighted by molar-refractivity contribution is 0.242. The number of hydrogen-bond acceptors (Lipinski definition) is 6. The molecular formula is C22H24N4O2. The summed E-state index contributed by atoms with van der Waals surface area (Å²) in [5.74, 6) is 2.16. The van der Waals surface area contributed by atoms with Crippen molar-refractivity contribution in [2.45, 2.75) is 19.5 Å². The number of para-hydroxylation sites is 1. The first-order valence-electron chi connectivity index (χ1n) is 9.35. The van der Waals surface area contributed by atoms with Gasteiger partial charge in [-0.15, -0.1) is 0 Å². The predicted molar refractivity (Wildman–Crippen MR) is 109 cm³/mol. The molecule has 1 aromatic heterocycles. The van der Waals surface area contributed by atoms with E-state index in [1.807, 2.05) is 48.7 Å². The van der Waals surface area contributed by atoms with Gasteiger partial charge in [-0.3, -0.25) is 4.90 Å². The number of benzene rings is 2. The van der Waals surface area contributed by atoms with Crippen LogP contribution < -0.4 is 14.8 Å². The zero-order valence-corrected chi connectivity index (χ0v) is 16.2. The van der Waals surface area contributed by atoms with Gasteiger partial charge < -0.3 is 14.8 Å². The smallest absolute Gasteiger partial charge is 0.227 e. The fourth-order valence-electron chi connectivity index (χ4n) is 3.46. The highest BCUT2D eigenvalue weighted by Gasteiger charge is 2.19. The molecule has 0 fully saturated rings. The number of ether oxygens (including phenoxy) is 2. The summed E-state index contributed by atoms with van der Waals surface area (Å²) >= 11 is 0. The lowest BCUT2D eigenvalue weighted by atomic mass is 10.1. The molecule has 6 nitrogen and oxygen atoms in total. The van der Waals surface area contributed by atoms with Gasteiger partial charge in [0, 0.05) is 43.5 Å². The second kappa shape index (κ2) is 8.27. The average molecular weight is 376 g/mol. The van der Waals surface area contributed by atoms with Crippen molar-refractivity contribution < 1.29 is 9.47 Å². The minimum Gasteiger partial charge on any atom is -0.493 e. The highest BCUT2D eigenvalue weighted by molar-refractivity contribution is 5.53. The highest BCUT2D eigenvalue weighted by Crippen LogP contribution is 2.29. The Kier molecular flexibility index (Phi) is 5.39. The Bertz CT molecular complexity index is 947. The van der Waals surface area contributed by atoms with Crippen LogP contribution in [0.1, 0.15) is 16.8 Å². The summed E-state index contributed by atoms with van der Waals surface area (Å²) in [6, 6.07) is 16.1. The van der Waals surface area contributed by atoms with Gasteiger partial charge in [0.1, 0.15) is 0 Å². The molecule has 2 heterocycles. The molecule has 0 saturated heterocycles. The fourth-order valence-corrected chi connectivity index (χ4v) is 3.46. The molecule has 3 aromatic rings. The second-order valence-electron chi connectivity index (χ2n) is 6.81.